The molecule has 20 heavy (non-hydrogen) atoms. The zero-order valence-corrected chi connectivity index (χ0v) is 12.1. The zero-order chi connectivity index (χ0) is 14.9. The Balaban J connectivity index is 2.38. The summed E-state index contributed by atoms with van der Waals surface area (Å²) in [6, 6.07) is 0. The van der Waals surface area contributed by atoms with Crippen molar-refractivity contribution < 1.29 is 9.59 Å². The highest BCUT2D eigenvalue weighted by Gasteiger charge is 2.18. The smallest absolute Gasteiger partial charge is 0.262 e. The standard InChI is InChI=1S/C13H13N3O3S/c1-6-5-20-13(15-6)16-12(19)9-4-14-7(2)10(8(3)17)11(9)18/h4-5H,1-3H3,(H,14,18)(H,15,16,19). The van der Waals surface area contributed by atoms with Gasteiger partial charge < -0.3 is 4.98 Å². The molecule has 0 radical (unpaired) electrons. The van der Waals surface area contributed by atoms with Crippen LogP contribution >= 0.6 is 11.3 Å². The second-order valence-corrected chi connectivity index (χ2v) is 5.19. The fourth-order valence-corrected chi connectivity index (χ4v) is 2.47. The Bertz CT molecular complexity index is 746. The number of aryl methyl sites for hydroxylation is 2. The largest absolute Gasteiger partial charge is 0.364 e. The molecule has 0 bridgehead atoms. The van der Waals surface area contributed by atoms with Crippen molar-refractivity contribution in [3.8, 4) is 0 Å². The molecule has 0 fully saturated rings. The van der Waals surface area contributed by atoms with Crippen LogP contribution in [0.4, 0.5) is 5.13 Å². The number of Topliss-reactive ketones (excluding diaryl/α,β-unsaturated/α-hetero) is 1. The normalized spacial score (nSPS) is 10.3. The predicted octanol–water partition coefficient (Wildman–Crippen LogP) is 1.90. The summed E-state index contributed by atoms with van der Waals surface area (Å²) >= 11 is 1.27. The summed E-state index contributed by atoms with van der Waals surface area (Å²) in [6.07, 6.45) is 1.31. The van der Waals surface area contributed by atoms with Crippen LogP contribution in [-0.4, -0.2) is 21.7 Å². The molecule has 0 aromatic carbocycles. The average molecular weight is 291 g/mol. The Morgan fingerprint density at radius 2 is 2.05 bits per heavy atom. The van der Waals surface area contributed by atoms with Crippen LogP contribution < -0.4 is 10.7 Å². The summed E-state index contributed by atoms with van der Waals surface area (Å²) < 4.78 is 0. The van der Waals surface area contributed by atoms with Gasteiger partial charge in [-0.05, 0) is 20.8 Å². The Hall–Kier alpha value is -2.28. The van der Waals surface area contributed by atoms with E-state index in [4.69, 9.17) is 0 Å². The van der Waals surface area contributed by atoms with Crippen molar-refractivity contribution in [3.05, 3.63) is 44.3 Å². The van der Waals surface area contributed by atoms with E-state index >= 15 is 0 Å². The SMILES string of the molecule is CC(=O)c1c(C)[nH]cc(C(=O)Nc2nc(C)cs2)c1=O. The quantitative estimate of drug-likeness (QED) is 0.845. The summed E-state index contributed by atoms with van der Waals surface area (Å²) in [4.78, 5) is 42.5. The Labute approximate surface area is 118 Å². The highest BCUT2D eigenvalue weighted by molar-refractivity contribution is 7.13. The molecule has 0 unspecified atom stereocenters. The van der Waals surface area contributed by atoms with E-state index in [1.165, 1.54) is 24.5 Å². The van der Waals surface area contributed by atoms with E-state index in [0.717, 1.165) is 5.69 Å². The molecule has 0 saturated carbocycles. The van der Waals surface area contributed by atoms with Crippen molar-refractivity contribution in [1.29, 1.82) is 0 Å². The third-order valence-corrected chi connectivity index (χ3v) is 3.59. The first-order chi connectivity index (χ1) is 9.40. The van der Waals surface area contributed by atoms with Crippen LogP contribution in [0.3, 0.4) is 0 Å². The molecular weight excluding hydrogens is 278 g/mol. The number of carbonyl (C=O) groups is 2. The van der Waals surface area contributed by atoms with Gasteiger partial charge in [-0.3, -0.25) is 19.7 Å². The second kappa shape index (κ2) is 5.38. The summed E-state index contributed by atoms with van der Waals surface area (Å²) in [5.41, 5.74) is 0.567. The number of anilines is 1. The van der Waals surface area contributed by atoms with Gasteiger partial charge in [0.2, 0.25) is 5.43 Å². The molecule has 0 saturated heterocycles. The van der Waals surface area contributed by atoms with Crippen LogP contribution in [-0.2, 0) is 0 Å². The molecule has 6 nitrogen and oxygen atoms in total. The van der Waals surface area contributed by atoms with E-state index in [2.05, 4.69) is 15.3 Å². The van der Waals surface area contributed by atoms with Crippen LogP contribution in [0.2, 0.25) is 0 Å². The van der Waals surface area contributed by atoms with Crippen LogP contribution in [0.15, 0.2) is 16.4 Å². The molecule has 7 heteroatoms. The van der Waals surface area contributed by atoms with Crippen LogP contribution in [0.25, 0.3) is 0 Å². The van der Waals surface area contributed by atoms with Crippen molar-refractivity contribution in [1.82, 2.24) is 9.97 Å². The Morgan fingerprint density at radius 3 is 2.60 bits per heavy atom. The molecule has 0 aliphatic heterocycles. The summed E-state index contributed by atoms with van der Waals surface area (Å²) in [6.45, 7) is 4.71. The highest BCUT2D eigenvalue weighted by Crippen LogP contribution is 2.15. The van der Waals surface area contributed by atoms with Gasteiger partial charge in [-0.2, -0.15) is 0 Å². The number of thiazole rings is 1. The van der Waals surface area contributed by atoms with E-state index in [0.29, 0.717) is 10.8 Å². The van der Waals surface area contributed by atoms with Gasteiger partial charge in [0.1, 0.15) is 5.56 Å². The van der Waals surface area contributed by atoms with Gasteiger partial charge in [0, 0.05) is 17.3 Å². The van der Waals surface area contributed by atoms with Gasteiger partial charge in [0.15, 0.2) is 10.9 Å². The van der Waals surface area contributed by atoms with Gasteiger partial charge in [-0.1, -0.05) is 0 Å². The van der Waals surface area contributed by atoms with Crippen LogP contribution in [0, 0.1) is 13.8 Å². The molecule has 2 rings (SSSR count). The molecule has 104 valence electrons. The number of H-pyrrole nitrogens is 1. The van der Waals surface area contributed by atoms with Gasteiger partial charge in [0.05, 0.1) is 11.3 Å². The molecule has 1 amide bonds. The monoisotopic (exact) mass is 291 g/mol. The Kier molecular flexibility index (Phi) is 3.80. The topological polar surface area (TPSA) is 91.9 Å². The molecule has 2 aromatic rings. The molecule has 0 spiro atoms. The molecule has 2 N–H and O–H groups in total. The number of nitrogens with zero attached hydrogens (tertiary/aromatic N) is 1. The van der Waals surface area contributed by atoms with Gasteiger partial charge >= 0.3 is 0 Å². The maximum absolute atomic E-state index is 12.1. The van der Waals surface area contributed by atoms with E-state index in [9.17, 15) is 14.4 Å². The number of hydrogen-bond acceptors (Lipinski definition) is 5. The lowest BCUT2D eigenvalue weighted by atomic mass is 10.1. The highest BCUT2D eigenvalue weighted by atomic mass is 32.1. The molecule has 2 aromatic heterocycles. The van der Waals surface area contributed by atoms with Crippen molar-refractivity contribution in [3.63, 3.8) is 0 Å². The first-order valence-electron chi connectivity index (χ1n) is 5.87. The lowest BCUT2D eigenvalue weighted by Gasteiger charge is -2.05. The minimum Gasteiger partial charge on any atom is -0.364 e. The average Bonchev–Trinajstić information content (AvgIpc) is 2.74. The van der Waals surface area contributed by atoms with Crippen molar-refractivity contribution in [2.45, 2.75) is 20.8 Å². The fourth-order valence-electron chi connectivity index (χ4n) is 1.79. The summed E-state index contributed by atoms with van der Waals surface area (Å²) in [5, 5.41) is 4.74. The molecule has 0 aliphatic carbocycles. The molecule has 2 heterocycles. The van der Waals surface area contributed by atoms with E-state index < -0.39 is 11.3 Å². The van der Waals surface area contributed by atoms with Crippen molar-refractivity contribution in [2.24, 2.45) is 0 Å². The summed E-state index contributed by atoms with van der Waals surface area (Å²) in [7, 11) is 0. The lowest BCUT2D eigenvalue weighted by Crippen LogP contribution is -2.26. The third kappa shape index (κ3) is 2.67. The van der Waals surface area contributed by atoms with Crippen LogP contribution in [0.1, 0.15) is 39.0 Å². The number of aromatic amines is 1. The van der Waals surface area contributed by atoms with Gasteiger partial charge in [0.25, 0.3) is 5.91 Å². The minimum absolute atomic E-state index is 0.00738. The number of carbonyl (C=O) groups excluding carboxylic acids is 2. The number of aromatic nitrogens is 2. The maximum atomic E-state index is 12.1. The lowest BCUT2D eigenvalue weighted by molar-refractivity contribution is 0.101. The first kappa shape index (κ1) is 14.1. The van der Waals surface area contributed by atoms with Gasteiger partial charge in [-0.25, -0.2) is 4.98 Å². The van der Waals surface area contributed by atoms with Crippen LogP contribution in [0.5, 0.6) is 0 Å². The number of ketones is 1. The second-order valence-electron chi connectivity index (χ2n) is 4.34. The maximum Gasteiger partial charge on any atom is 0.262 e. The van der Waals surface area contributed by atoms with Gasteiger partial charge in [-0.15, -0.1) is 11.3 Å². The third-order valence-electron chi connectivity index (χ3n) is 2.72. The molecule has 0 aliphatic rings. The number of pyridine rings is 1. The number of rotatable bonds is 3. The first-order valence-corrected chi connectivity index (χ1v) is 6.75. The summed E-state index contributed by atoms with van der Waals surface area (Å²) in [5.74, 6) is -0.952. The number of nitrogens with one attached hydrogen (secondary N) is 2. The van der Waals surface area contributed by atoms with E-state index in [1.54, 1.807) is 19.2 Å². The molecular formula is C13H13N3O3S. The number of hydrogen-bond donors (Lipinski definition) is 2. The van der Waals surface area contributed by atoms with Crippen molar-refractivity contribution in [2.75, 3.05) is 5.32 Å². The Morgan fingerprint density at radius 1 is 1.35 bits per heavy atom. The van der Waals surface area contributed by atoms with Crippen molar-refractivity contribution >= 4 is 28.2 Å². The van der Waals surface area contributed by atoms with E-state index in [-0.39, 0.29) is 16.9 Å². The minimum atomic E-state index is -0.580. The molecule has 0 atom stereocenters. The fraction of sp³-hybridized carbons (Fsp3) is 0.231. The van der Waals surface area contributed by atoms with E-state index in [1.807, 2.05) is 0 Å². The zero-order valence-electron chi connectivity index (χ0n) is 11.2. The predicted molar refractivity (Wildman–Crippen MR) is 76.6 cm³/mol. The number of amides is 1.